The molecule has 0 aromatic heterocycles. The maximum absolute atomic E-state index is 13.3. The highest BCUT2D eigenvalue weighted by Gasteiger charge is 2.29. The van der Waals surface area contributed by atoms with Gasteiger partial charge in [-0.2, -0.15) is 0 Å². The van der Waals surface area contributed by atoms with Crippen LogP contribution in [0.3, 0.4) is 0 Å². The number of carbonyl (C=O) groups excluding carboxylic acids is 1. The summed E-state index contributed by atoms with van der Waals surface area (Å²) in [5.74, 6) is 0.607. The smallest absolute Gasteiger partial charge is 0.252 e. The molecule has 2 aromatic carbocycles. The third kappa shape index (κ3) is 5.92. The van der Waals surface area contributed by atoms with E-state index >= 15 is 0 Å². The molecule has 0 bridgehead atoms. The number of benzene rings is 2. The van der Waals surface area contributed by atoms with E-state index in [0.29, 0.717) is 23.1 Å². The molecule has 7 nitrogen and oxygen atoms in total. The van der Waals surface area contributed by atoms with Gasteiger partial charge in [-0.3, -0.25) is 4.79 Å². The summed E-state index contributed by atoms with van der Waals surface area (Å²) in [4.78, 5) is 17.9. The van der Waals surface area contributed by atoms with Crippen molar-refractivity contribution in [2.45, 2.75) is 39.8 Å². The summed E-state index contributed by atoms with van der Waals surface area (Å²) < 4.78 is 5.56. The van der Waals surface area contributed by atoms with Crippen LogP contribution in [-0.4, -0.2) is 63.9 Å². The quantitative estimate of drug-likeness (QED) is 0.483. The molecular weight excluding hydrogens is 438 g/mol. The fourth-order valence-electron chi connectivity index (χ4n) is 4.42. The molecule has 0 radical (unpaired) electrons. The highest BCUT2D eigenvalue weighted by atomic mass is 16.5. The number of likely N-dealkylation sites (N-methyl/N-ethyl adjacent to an activating group) is 1. The van der Waals surface area contributed by atoms with Gasteiger partial charge in [0.2, 0.25) is 0 Å². The van der Waals surface area contributed by atoms with E-state index in [1.807, 2.05) is 63.5 Å². The van der Waals surface area contributed by atoms with E-state index in [1.54, 1.807) is 14.0 Å². The molecule has 3 rings (SSSR count). The molecule has 4 N–H and O–H groups in total. The predicted octanol–water partition coefficient (Wildman–Crippen LogP) is 3.21. The molecule has 1 aliphatic heterocycles. The Balaban J connectivity index is 1.85. The van der Waals surface area contributed by atoms with Crippen LogP contribution in [-0.2, 0) is 0 Å². The Morgan fingerprint density at radius 1 is 1.20 bits per heavy atom. The normalized spacial score (nSPS) is 15.4. The van der Waals surface area contributed by atoms with E-state index in [2.05, 4.69) is 35.3 Å². The molecular formula is C28H40N5O2+. The van der Waals surface area contributed by atoms with Gasteiger partial charge in [0.25, 0.3) is 5.91 Å². The van der Waals surface area contributed by atoms with Gasteiger partial charge in [-0.05, 0) is 81.9 Å². The van der Waals surface area contributed by atoms with E-state index in [0.717, 1.165) is 46.7 Å². The molecule has 1 aliphatic rings. The summed E-state index contributed by atoms with van der Waals surface area (Å²) in [6, 6.07) is 12.4. The second kappa shape index (κ2) is 11.1. The van der Waals surface area contributed by atoms with Crippen LogP contribution in [0.25, 0.3) is 5.57 Å². The summed E-state index contributed by atoms with van der Waals surface area (Å²) in [6.45, 7) is 9.69. The van der Waals surface area contributed by atoms with Gasteiger partial charge in [0.15, 0.2) is 0 Å². The van der Waals surface area contributed by atoms with Crippen molar-refractivity contribution in [2.24, 2.45) is 0 Å². The van der Waals surface area contributed by atoms with E-state index in [4.69, 9.17) is 10.1 Å². The van der Waals surface area contributed by atoms with Crippen LogP contribution in [0.2, 0.25) is 0 Å². The zero-order valence-corrected chi connectivity index (χ0v) is 22.3. The Morgan fingerprint density at radius 3 is 2.46 bits per heavy atom. The number of hydrogen-bond acceptors (Lipinski definition) is 5. The summed E-state index contributed by atoms with van der Waals surface area (Å²) >= 11 is 0. The molecule has 0 unspecified atom stereocenters. The van der Waals surface area contributed by atoms with Crippen LogP contribution in [0.15, 0.2) is 42.1 Å². The Hall–Kier alpha value is -3.16. The van der Waals surface area contributed by atoms with Crippen LogP contribution in [0.5, 0.6) is 5.75 Å². The monoisotopic (exact) mass is 478 g/mol. The van der Waals surface area contributed by atoms with Gasteiger partial charge in [-0.15, -0.1) is 0 Å². The highest BCUT2D eigenvalue weighted by Crippen LogP contribution is 2.29. The number of methoxy groups -OCH3 is 1. The van der Waals surface area contributed by atoms with E-state index < -0.39 is 0 Å². The molecule has 0 saturated carbocycles. The number of carbonyl (C=O) groups is 1. The van der Waals surface area contributed by atoms with Crippen molar-refractivity contribution in [2.75, 3.05) is 46.2 Å². The van der Waals surface area contributed by atoms with Gasteiger partial charge < -0.3 is 30.6 Å². The average Bonchev–Trinajstić information content (AvgIpc) is 2.78. The van der Waals surface area contributed by atoms with Gasteiger partial charge in [-0.1, -0.05) is 6.07 Å². The minimum atomic E-state index is -0.236. The molecule has 1 fully saturated rings. The number of nitrogens with one attached hydrogen (secondary N) is 2. The number of aryl methyl sites for hydroxylation is 1. The largest absolute Gasteiger partial charge is 0.497 e. The third-order valence-electron chi connectivity index (χ3n) is 6.93. The van der Waals surface area contributed by atoms with Crippen molar-refractivity contribution in [1.82, 2.24) is 10.2 Å². The van der Waals surface area contributed by atoms with E-state index in [-0.39, 0.29) is 11.9 Å². The second-order valence-electron chi connectivity index (χ2n) is 9.68. The molecule has 2 aromatic rings. The summed E-state index contributed by atoms with van der Waals surface area (Å²) in [5, 5.41) is 13.5. The maximum atomic E-state index is 13.3. The first-order valence-corrected chi connectivity index (χ1v) is 12.1. The molecule has 0 aliphatic carbocycles. The number of quaternary nitrogens is 1. The van der Waals surface area contributed by atoms with Gasteiger partial charge in [-0.25, -0.2) is 0 Å². The van der Waals surface area contributed by atoms with Crippen LogP contribution < -0.4 is 20.3 Å². The van der Waals surface area contributed by atoms with Crippen LogP contribution >= 0.6 is 0 Å². The number of rotatable bonds is 9. The molecule has 188 valence electrons. The second-order valence-corrected chi connectivity index (χ2v) is 9.68. The number of nitrogens with zero attached hydrogens (tertiary/aromatic N) is 2. The Kier molecular flexibility index (Phi) is 8.35. The van der Waals surface area contributed by atoms with Crippen LogP contribution in [0.1, 0.15) is 53.9 Å². The average molecular weight is 479 g/mol. The molecule has 0 spiro atoms. The third-order valence-corrected chi connectivity index (χ3v) is 6.93. The van der Waals surface area contributed by atoms with Gasteiger partial charge >= 0.3 is 0 Å². The predicted molar refractivity (Wildman–Crippen MR) is 144 cm³/mol. The van der Waals surface area contributed by atoms with Crippen molar-refractivity contribution >= 4 is 22.9 Å². The lowest BCUT2D eigenvalue weighted by molar-refractivity contribution is -0.574. The molecule has 1 amide bonds. The maximum Gasteiger partial charge on any atom is 0.252 e. The first kappa shape index (κ1) is 26.4. The Morgan fingerprint density at radius 2 is 1.89 bits per heavy atom. The summed E-state index contributed by atoms with van der Waals surface area (Å²) in [7, 11) is 7.81. The molecule has 7 heteroatoms. The number of nitrogens with two attached hydrogens (primary N) is 1. The van der Waals surface area contributed by atoms with Crippen molar-refractivity contribution in [1.29, 1.82) is 5.41 Å². The number of ether oxygens (including phenoxy) is 1. The van der Waals surface area contributed by atoms with Crippen LogP contribution in [0.4, 0.5) is 5.69 Å². The molecule has 35 heavy (non-hydrogen) atoms. The van der Waals surface area contributed by atoms with Crippen molar-refractivity contribution in [3.8, 4) is 5.75 Å². The standard InChI is InChI=1S/C28H39N5O2/c1-17-9-10-23(33-15-24(16-33)32(6)7)14-26(17)28(34)31-19(3)21-11-22(13-25(12-21)35-8)27(18(2)29)20(4)30-5/h9-14,19,24,29-30H,15-16H2,1-8H3,(H,31,34)/p+1/b27-20+,29-18?/t19-/m1/s1. The number of hydrogen-bond donors (Lipinski definition) is 3. The van der Waals surface area contributed by atoms with Crippen LogP contribution in [0, 0.1) is 12.3 Å². The van der Waals surface area contributed by atoms with E-state index in [9.17, 15) is 4.79 Å². The molecule has 1 heterocycles. The fourth-order valence-corrected chi connectivity index (χ4v) is 4.42. The van der Waals surface area contributed by atoms with Crippen molar-refractivity contribution in [3.63, 3.8) is 0 Å². The van der Waals surface area contributed by atoms with Gasteiger partial charge in [0.1, 0.15) is 11.4 Å². The first-order valence-electron chi connectivity index (χ1n) is 12.1. The highest BCUT2D eigenvalue weighted by molar-refractivity contribution is 6.21. The van der Waals surface area contributed by atoms with E-state index in [1.165, 1.54) is 0 Å². The lowest BCUT2D eigenvalue weighted by Crippen LogP contribution is -2.77. The van der Waals surface area contributed by atoms with Gasteiger partial charge in [0, 0.05) is 43.0 Å². The number of allylic oxidation sites excluding steroid dienone is 2. The topological polar surface area (TPSA) is 85.3 Å². The minimum Gasteiger partial charge on any atom is -0.497 e. The number of anilines is 1. The van der Waals surface area contributed by atoms with Crippen molar-refractivity contribution in [3.05, 3.63) is 64.3 Å². The summed E-state index contributed by atoms with van der Waals surface area (Å²) in [5.41, 5.74) is 6.97. The lowest BCUT2D eigenvalue weighted by atomic mass is 9.95. The zero-order valence-electron chi connectivity index (χ0n) is 22.3. The SMILES string of the molecule is C[NH2+]/C(C)=C(\C(C)=N)c1cc(OC)cc([C@@H](C)NC(=O)c2cc(N3CC(N(C)C)C3)ccc2C)c1. The Bertz CT molecular complexity index is 1130. The van der Waals surface area contributed by atoms with Gasteiger partial charge in [0.05, 0.1) is 25.8 Å². The first-order chi connectivity index (χ1) is 16.5. The molecule has 1 atom stereocenters. The minimum absolute atomic E-state index is 0.0945. The fraction of sp³-hybridized carbons (Fsp3) is 0.429. The number of amides is 1. The lowest BCUT2D eigenvalue weighted by Gasteiger charge is -2.44. The Labute approximate surface area is 209 Å². The van der Waals surface area contributed by atoms with Crippen molar-refractivity contribution < 1.29 is 14.8 Å². The molecule has 1 saturated heterocycles. The summed E-state index contributed by atoms with van der Waals surface area (Å²) in [6.07, 6.45) is 0. The zero-order chi connectivity index (χ0) is 25.9.